The van der Waals surface area contributed by atoms with Gasteiger partial charge in [0.1, 0.15) is 0 Å². The van der Waals surface area contributed by atoms with Crippen molar-refractivity contribution in [1.82, 2.24) is 15.5 Å². The molecule has 2 amide bonds. The Morgan fingerprint density at radius 3 is 2.92 bits per heavy atom. The van der Waals surface area contributed by atoms with Crippen molar-refractivity contribution in [3.63, 3.8) is 0 Å². The molecule has 1 aromatic rings. The molecule has 0 spiro atoms. The molecule has 3 rings (SSSR count). The first-order valence-corrected chi connectivity index (χ1v) is 10.2. The second-order valence-corrected chi connectivity index (χ2v) is 7.73. The first-order chi connectivity index (χ1) is 12.7. The third-order valence-corrected chi connectivity index (χ3v) is 5.85. The fraction of sp³-hybridized carbons (Fsp3) is 0.765. The Hall–Kier alpha value is -1.74. The van der Waals surface area contributed by atoms with Gasteiger partial charge in [0.15, 0.2) is 0 Å². The molecule has 8 nitrogen and oxygen atoms in total. The molecule has 0 radical (unpaired) electrons. The van der Waals surface area contributed by atoms with Gasteiger partial charge in [-0.25, -0.2) is 0 Å². The van der Waals surface area contributed by atoms with E-state index in [-0.39, 0.29) is 17.7 Å². The van der Waals surface area contributed by atoms with Gasteiger partial charge >= 0.3 is 0 Å². The van der Waals surface area contributed by atoms with Crippen LogP contribution in [0.25, 0.3) is 0 Å². The Morgan fingerprint density at radius 1 is 1.27 bits per heavy atom. The number of ether oxygens (including phenoxy) is 1. The monoisotopic (exact) mass is 381 g/mol. The molecule has 0 aromatic carbocycles. The molecule has 1 N–H and O–H groups in total. The number of anilines is 2. The lowest BCUT2D eigenvalue weighted by molar-refractivity contribution is -0.125. The standard InChI is InChI=1S/C17H27N5O3S/c1-25-11-5-8-18-15(24)13-6-4-9-21(12-13)16-19-20-17(26-16)22-10-3-2-7-14(22)23/h13H,2-12H2,1H3,(H,18,24). The van der Waals surface area contributed by atoms with Gasteiger partial charge in [0.25, 0.3) is 0 Å². The summed E-state index contributed by atoms with van der Waals surface area (Å²) in [5.74, 6) is 0.197. The van der Waals surface area contributed by atoms with Gasteiger partial charge in [-0.2, -0.15) is 0 Å². The van der Waals surface area contributed by atoms with Crippen molar-refractivity contribution in [2.75, 3.05) is 49.7 Å². The molecule has 0 aliphatic carbocycles. The third kappa shape index (κ3) is 4.70. The molecule has 2 aliphatic rings. The van der Waals surface area contributed by atoms with Gasteiger partial charge in [-0.05, 0) is 32.1 Å². The second-order valence-electron chi connectivity index (χ2n) is 6.79. The van der Waals surface area contributed by atoms with E-state index in [0.29, 0.717) is 31.2 Å². The van der Waals surface area contributed by atoms with E-state index >= 15 is 0 Å². The van der Waals surface area contributed by atoms with Gasteiger partial charge in [0, 0.05) is 46.3 Å². The van der Waals surface area contributed by atoms with Crippen molar-refractivity contribution >= 4 is 33.4 Å². The fourth-order valence-corrected chi connectivity index (χ4v) is 4.32. The molecule has 26 heavy (non-hydrogen) atoms. The lowest BCUT2D eigenvalue weighted by Gasteiger charge is -2.31. The molecule has 1 aromatic heterocycles. The Morgan fingerprint density at radius 2 is 2.12 bits per heavy atom. The van der Waals surface area contributed by atoms with Crippen LogP contribution in [0, 0.1) is 5.92 Å². The highest BCUT2D eigenvalue weighted by atomic mass is 32.1. The smallest absolute Gasteiger partial charge is 0.228 e. The number of nitrogens with zero attached hydrogens (tertiary/aromatic N) is 4. The van der Waals surface area contributed by atoms with E-state index in [1.807, 2.05) is 0 Å². The van der Waals surface area contributed by atoms with Crippen molar-refractivity contribution in [3.05, 3.63) is 0 Å². The predicted octanol–water partition coefficient (Wildman–Crippen LogP) is 1.42. The molecular formula is C17H27N5O3S. The number of hydrogen-bond acceptors (Lipinski definition) is 7. The number of methoxy groups -OCH3 is 1. The van der Waals surface area contributed by atoms with E-state index in [4.69, 9.17) is 4.74 Å². The number of piperidine rings is 2. The van der Waals surface area contributed by atoms with Crippen molar-refractivity contribution in [2.24, 2.45) is 5.92 Å². The second kappa shape index (κ2) is 9.27. The number of rotatable bonds is 7. The topological polar surface area (TPSA) is 87.7 Å². The molecule has 1 atom stereocenters. The number of carbonyl (C=O) groups excluding carboxylic acids is 2. The zero-order valence-electron chi connectivity index (χ0n) is 15.3. The van der Waals surface area contributed by atoms with Crippen LogP contribution < -0.4 is 15.1 Å². The summed E-state index contributed by atoms with van der Waals surface area (Å²) in [5.41, 5.74) is 0. The molecule has 1 unspecified atom stereocenters. The molecular weight excluding hydrogens is 354 g/mol. The highest BCUT2D eigenvalue weighted by Crippen LogP contribution is 2.31. The molecule has 3 heterocycles. The van der Waals surface area contributed by atoms with Gasteiger partial charge in [-0.3, -0.25) is 14.5 Å². The maximum absolute atomic E-state index is 12.4. The fourth-order valence-electron chi connectivity index (χ4n) is 3.39. The Bertz CT molecular complexity index is 623. The van der Waals surface area contributed by atoms with Gasteiger partial charge < -0.3 is 15.0 Å². The summed E-state index contributed by atoms with van der Waals surface area (Å²) in [5, 5.41) is 13.0. The van der Waals surface area contributed by atoms with Crippen LogP contribution in [0.2, 0.25) is 0 Å². The average Bonchev–Trinajstić information content (AvgIpc) is 3.15. The lowest BCUT2D eigenvalue weighted by Crippen LogP contribution is -2.43. The Kier molecular flexibility index (Phi) is 6.79. The summed E-state index contributed by atoms with van der Waals surface area (Å²) in [6.07, 6.45) is 5.22. The highest BCUT2D eigenvalue weighted by Gasteiger charge is 2.29. The zero-order chi connectivity index (χ0) is 18.4. The predicted molar refractivity (Wildman–Crippen MR) is 101 cm³/mol. The van der Waals surface area contributed by atoms with E-state index in [1.165, 1.54) is 11.3 Å². The van der Waals surface area contributed by atoms with Crippen LogP contribution in [-0.4, -0.2) is 61.9 Å². The summed E-state index contributed by atoms with van der Waals surface area (Å²) in [6, 6.07) is 0. The number of carbonyl (C=O) groups is 2. The van der Waals surface area contributed by atoms with Crippen LogP contribution in [0.4, 0.5) is 10.3 Å². The third-order valence-electron chi connectivity index (χ3n) is 4.85. The molecule has 2 aliphatic heterocycles. The molecule has 9 heteroatoms. The van der Waals surface area contributed by atoms with Crippen LogP contribution in [0.15, 0.2) is 0 Å². The minimum Gasteiger partial charge on any atom is -0.385 e. The van der Waals surface area contributed by atoms with Crippen molar-refractivity contribution in [3.8, 4) is 0 Å². The zero-order valence-corrected chi connectivity index (χ0v) is 16.1. The summed E-state index contributed by atoms with van der Waals surface area (Å²) in [6.45, 7) is 3.54. The van der Waals surface area contributed by atoms with Crippen LogP contribution >= 0.6 is 11.3 Å². The first kappa shape index (κ1) is 19.0. The summed E-state index contributed by atoms with van der Waals surface area (Å²) in [7, 11) is 1.66. The normalized spacial score (nSPS) is 21.1. The number of aromatic nitrogens is 2. The number of nitrogens with one attached hydrogen (secondary N) is 1. The van der Waals surface area contributed by atoms with Crippen LogP contribution in [0.3, 0.4) is 0 Å². The van der Waals surface area contributed by atoms with Crippen LogP contribution in [0.1, 0.15) is 38.5 Å². The van der Waals surface area contributed by atoms with Crippen LogP contribution in [-0.2, 0) is 14.3 Å². The van der Waals surface area contributed by atoms with Gasteiger partial charge in [0.2, 0.25) is 22.1 Å². The van der Waals surface area contributed by atoms with E-state index in [1.54, 1.807) is 12.0 Å². The maximum Gasteiger partial charge on any atom is 0.228 e. The molecule has 2 saturated heterocycles. The highest BCUT2D eigenvalue weighted by molar-refractivity contribution is 7.19. The number of hydrogen-bond donors (Lipinski definition) is 1. The first-order valence-electron chi connectivity index (χ1n) is 9.34. The number of amides is 2. The maximum atomic E-state index is 12.4. The largest absolute Gasteiger partial charge is 0.385 e. The molecule has 144 valence electrons. The molecule has 2 fully saturated rings. The van der Waals surface area contributed by atoms with Crippen molar-refractivity contribution < 1.29 is 14.3 Å². The van der Waals surface area contributed by atoms with Gasteiger partial charge in [-0.15, -0.1) is 10.2 Å². The van der Waals surface area contributed by atoms with E-state index in [0.717, 1.165) is 50.3 Å². The Labute approximate surface area is 157 Å². The molecule has 0 bridgehead atoms. The average molecular weight is 382 g/mol. The quantitative estimate of drug-likeness (QED) is 0.719. The van der Waals surface area contributed by atoms with Crippen molar-refractivity contribution in [2.45, 2.75) is 38.5 Å². The SMILES string of the molecule is COCCCNC(=O)C1CCCN(c2nnc(N3CCCCC3=O)s2)C1. The van der Waals surface area contributed by atoms with E-state index in [2.05, 4.69) is 20.4 Å². The minimum atomic E-state index is -0.0322. The van der Waals surface area contributed by atoms with Gasteiger partial charge in [-0.1, -0.05) is 11.3 Å². The van der Waals surface area contributed by atoms with Crippen LogP contribution in [0.5, 0.6) is 0 Å². The molecule has 0 saturated carbocycles. The van der Waals surface area contributed by atoms with E-state index in [9.17, 15) is 9.59 Å². The van der Waals surface area contributed by atoms with E-state index < -0.39 is 0 Å². The summed E-state index contributed by atoms with van der Waals surface area (Å²) < 4.78 is 5.00. The van der Waals surface area contributed by atoms with Crippen molar-refractivity contribution in [1.29, 1.82) is 0 Å². The Balaban J connectivity index is 1.56. The minimum absolute atomic E-state index is 0.0322. The summed E-state index contributed by atoms with van der Waals surface area (Å²) in [4.78, 5) is 28.3. The lowest BCUT2D eigenvalue weighted by atomic mass is 9.97. The van der Waals surface area contributed by atoms with Gasteiger partial charge in [0.05, 0.1) is 5.92 Å². The summed E-state index contributed by atoms with van der Waals surface area (Å²) >= 11 is 1.45.